The van der Waals surface area contributed by atoms with Gasteiger partial charge in [0.2, 0.25) is 0 Å². The van der Waals surface area contributed by atoms with Crippen molar-refractivity contribution in [2.24, 2.45) is 0 Å². The van der Waals surface area contributed by atoms with Crippen molar-refractivity contribution in [3.05, 3.63) is 23.3 Å². The first-order chi connectivity index (χ1) is 8.74. The second-order valence-corrected chi connectivity index (χ2v) is 5.43. The first-order valence-corrected chi connectivity index (χ1v) is 7.75. The van der Waals surface area contributed by atoms with Gasteiger partial charge in [-0.2, -0.15) is 0 Å². The lowest BCUT2D eigenvalue weighted by molar-refractivity contribution is 0.0978. The summed E-state index contributed by atoms with van der Waals surface area (Å²) in [6.45, 7) is 3.24. The zero-order chi connectivity index (χ0) is 13.0. The van der Waals surface area contributed by atoms with Crippen molar-refractivity contribution in [1.29, 1.82) is 0 Å². The van der Waals surface area contributed by atoms with Crippen LogP contribution >= 0.6 is 22.6 Å². The minimum absolute atomic E-state index is 0.147. The van der Waals surface area contributed by atoms with Crippen molar-refractivity contribution in [2.45, 2.75) is 26.2 Å². The van der Waals surface area contributed by atoms with Crippen LogP contribution in [0.5, 0.6) is 11.5 Å². The molecule has 0 unspecified atom stereocenters. The molecule has 0 radical (unpaired) electrons. The van der Waals surface area contributed by atoms with E-state index in [2.05, 4.69) is 22.6 Å². The molecule has 2 rings (SSSR count). The summed E-state index contributed by atoms with van der Waals surface area (Å²) in [5.41, 5.74) is 1.69. The average Bonchev–Trinajstić information content (AvgIpc) is 2.62. The molecule has 4 heteroatoms. The Morgan fingerprint density at radius 2 is 2.00 bits per heavy atom. The van der Waals surface area contributed by atoms with Gasteiger partial charge in [-0.25, -0.2) is 0 Å². The Labute approximate surface area is 121 Å². The standard InChI is InChI=1S/C14H17IO3/c1-10-5-6-11(12(16)4-2-7-15)14-13(10)17-8-3-9-18-14/h5-6H,2-4,7-9H2,1H3. The minimum atomic E-state index is 0.147. The second-order valence-electron chi connectivity index (χ2n) is 4.35. The number of carbonyl (C=O) groups excluding carboxylic acids is 1. The number of ether oxygens (including phenoxy) is 2. The Balaban J connectivity index is 2.33. The summed E-state index contributed by atoms with van der Waals surface area (Å²) in [5.74, 6) is 1.53. The molecule has 0 aromatic heterocycles. The molecule has 0 bridgehead atoms. The predicted molar refractivity (Wildman–Crippen MR) is 79.2 cm³/mol. The molecule has 0 atom stereocenters. The molecule has 0 N–H and O–H groups in total. The van der Waals surface area contributed by atoms with E-state index in [1.54, 1.807) is 0 Å². The Kier molecular flexibility index (Phi) is 4.86. The largest absolute Gasteiger partial charge is 0.489 e. The number of aryl methyl sites for hydroxylation is 1. The number of carbonyl (C=O) groups is 1. The molecule has 0 saturated carbocycles. The van der Waals surface area contributed by atoms with Gasteiger partial charge in [0.15, 0.2) is 17.3 Å². The topological polar surface area (TPSA) is 35.5 Å². The zero-order valence-corrected chi connectivity index (χ0v) is 12.7. The Morgan fingerprint density at radius 3 is 2.72 bits per heavy atom. The second kappa shape index (κ2) is 6.41. The third-order valence-electron chi connectivity index (χ3n) is 2.93. The molecular weight excluding hydrogens is 343 g/mol. The molecule has 1 aromatic rings. The summed E-state index contributed by atoms with van der Waals surface area (Å²) >= 11 is 2.29. The molecule has 0 aliphatic carbocycles. The third-order valence-corrected chi connectivity index (χ3v) is 3.69. The van der Waals surface area contributed by atoms with Gasteiger partial charge in [0.05, 0.1) is 18.8 Å². The smallest absolute Gasteiger partial charge is 0.172 e. The van der Waals surface area contributed by atoms with Crippen LogP contribution < -0.4 is 9.47 Å². The van der Waals surface area contributed by atoms with E-state index in [9.17, 15) is 4.79 Å². The number of ketones is 1. The van der Waals surface area contributed by atoms with Crippen molar-refractivity contribution < 1.29 is 14.3 Å². The Hall–Kier alpha value is -0.780. The van der Waals surface area contributed by atoms with Crippen LogP contribution in [0.2, 0.25) is 0 Å². The fraction of sp³-hybridized carbons (Fsp3) is 0.500. The first-order valence-electron chi connectivity index (χ1n) is 6.22. The normalized spacial score (nSPS) is 14.1. The Bertz CT molecular complexity index is 443. The zero-order valence-electron chi connectivity index (χ0n) is 10.5. The van der Waals surface area contributed by atoms with Crippen molar-refractivity contribution in [3.63, 3.8) is 0 Å². The van der Waals surface area contributed by atoms with Crippen molar-refractivity contribution >= 4 is 28.4 Å². The minimum Gasteiger partial charge on any atom is -0.489 e. The van der Waals surface area contributed by atoms with Crippen LogP contribution in [0.3, 0.4) is 0 Å². The molecule has 98 valence electrons. The highest BCUT2D eigenvalue weighted by Gasteiger charge is 2.20. The molecule has 0 spiro atoms. The number of halogens is 1. The summed E-state index contributed by atoms with van der Waals surface area (Å²) in [6, 6.07) is 3.79. The quantitative estimate of drug-likeness (QED) is 0.468. The van der Waals surface area contributed by atoms with Gasteiger partial charge in [-0.05, 0) is 29.4 Å². The molecule has 0 amide bonds. The number of alkyl halides is 1. The lowest BCUT2D eigenvalue weighted by Gasteiger charge is -2.13. The first kappa shape index (κ1) is 13.6. The van der Waals surface area contributed by atoms with Gasteiger partial charge in [-0.3, -0.25) is 4.79 Å². The van der Waals surface area contributed by atoms with Crippen LogP contribution in [0, 0.1) is 6.92 Å². The molecule has 18 heavy (non-hydrogen) atoms. The molecule has 1 aromatic carbocycles. The lowest BCUT2D eigenvalue weighted by Crippen LogP contribution is -2.05. The van der Waals surface area contributed by atoms with Crippen LogP contribution in [0.15, 0.2) is 12.1 Å². The summed E-state index contributed by atoms with van der Waals surface area (Å²) in [5, 5.41) is 0. The van der Waals surface area contributed by atoms with Gasteiger partial charge in [-0.1, -0.05) is 28.7 Å². The fourth-order valence-electron chi connectivity index (χ4n) is 1.97. The van der Waals surface area contributed by atoms with Crippen molar-refractivity contribution in [1.82, 2.24) is 0 Å². The number of Topliss-reactive ketones (excluding diaryl/α,β-unsaturated/α-hetero) is 1. The van der Waals surface area contributed by atoms with Crippen LogP contribution in [0.1, 0.15) is 35.2 Å². The van der Waals surface area contributed by atoms with E-state index in [-0.39, 0.29) is 5.78 Å². The number of fused-ring (bicyclic) bond motifs is 1. The number of hydrogen-bond donors (Lipinski definition) is 0. The van der Waals surface area contributed by atoms with E-state index >= 15 is 0 Å². The van der Waals surface area contributed by atoms with Gasteiger partial charge < -0.3 is 9.47 Å². The van der Waals surface area contributed by atoms with E-state index in [4.69, 9.17) is 9.47 Å². The predicted octanol–water partition coefficient (Wildman–Crippen LogP) is 3.55. The van der Waals surface area contributed by atoms with E-state index < -0.39 is 0 Å². The van der Waals surface area contributed by atoms with Gasteiger partial charge in [-0.15, -0.1) is 0 Å². The SMILES string of the molecule is Cc1ccc(C(=O)CCCI)c2c1OCCCO2. The maximum absolute atomic E-state index is 12.2. The number of hydrogen-bond acceptors (Lipinski definition) is 3. The Morgan fingerprint density at radius 1 is 1.28 bits per heavy atom. The van der Waals surface area contributed by atoms with Crippen LogP contribution in [-0.4, -0.2) is 23.4 Å². The maximum Gasteiger partial charge on any atom is 0.172 e. The van der Waals surface area contributed by atoms with E-state index in [1.807, 2.05) is 19.1 Å². The van der Waals surface area contributed by atoms with Crippen LogP contribution in [0.25, 0.3) is 0 Å². The molecule has 1 aliphatic heterocycles. The van der Waals surface area contributed by atoms with E-state index in [0.717, 1.165) is 28.6 Å². The highest BCUT2D eigenvalue weighted by Crippen LogP contribution is 2.37. The summed E-state index contributed by atoms with van der Waals surface area (Å²) < 4.78 is 12.4. The molecule has 0 fully saturated rings. The number of rotatable bonds is 4. The monoisotopic (exact) mass is 360 g/mol. The fourth-order valence-corrected chi connectivity index (χ4v) is 2.35. The summed E-state index contributed by atoms with van der Waals surface area (Å²) in [6.07, 6.45) is 2.33. The van der Waals surface area contributed by atoms with Gasteiger partial charge in [0.25, 0.3) is 0 Å². The van der Waals surface area contributed by atoms with E-state index in [0.29, 0.717) is 30.9 Å². The highest BCUT2D eigenvalue weighted by atomic mass is 127. The van der Waals surface area contributed by atoms with Crippen molar-refractivity contribution in [3.8, 4) is 11.5 Å². The lowest BCUT2D eigenvalue weighted by atomic mass is 10.0. The highest BCUT2D eigenvalue weighted by molar-refractivity contribution is 14.1. The van der Waals surface area contributed by atoms with Gasteiger partial charge >= 0.3 is 0 Å². The average molecular weight is 360 g/mol. The molecule has 1 aliphatic rings. The van der Waals surface area contributed by atoms with Crippen LogP contribution in [-0.2, 0) is 0 Å². The molecule has 1 heterocycles. The summed E-state index contributed by atoms with van der Waals surface area (Å²) in [4.78, 5) is 12.2. The third kappa shape index (κ3) is 2.96. The molecular formula is C14H17IO3. The summed E-state index contributed by atoms with van der Waals surface area (Å²) in [7, 11) is 0. The molecule has 3 nitrogen and oxygen atoms in total. The maximum atomic E-state index is 12.2. The van der Waals surface area contributed by atoms with Gasteiger partial charge in [0, 0.05) is 12.8 Å². The van der Waals surface area contributed by atoms with Gasteiger partial charge in [0.1, 0.15) is 0 Å². The number of benzene rings is 1. The van der Waals surface area contributed by atoms with Crippen LogP contribution in [0.4, 0.5) is 0 Å². The molecule has 0 saturated heterocycles. The van der Waals surface area contributed by atoms with Crippen molar-refractivity contribution in [2.75, 3.05) is 17.6 Å². The van der Waals surface area contributed by atoms with E-state index in [1.165, 1.54) is 0 Å².